The van der Waals surface area contributed by atoms with Crippen molar-refractivity contribution in [2.45, 2.75) is 32.6 Å². The molecule has 0 radical (unpaired) electrons. The molecule has 0 heterocycles. The van der Waals surface area contributed by atoms with E-state index in [0.717, 1.165) is 29.9 Å². The molecule has 1 aromatic rings. The fourth-order valence-corrected chi connectivity index (χ4v) is 2.08. The van der Waals surface area contributed by atoms with Gasteiger partial charge in [-0.25, -0.2) is 0 Å². The monoisotopic (exact) mass is 313 g/mol. The molecule has 4 nitrogen and oxygen atoms in total. The number of carbonyl (C=O) groups excluding carboxylic acids is 1. The van der Waals surface area contributed by atoms with E-state index in [2.05, 4.69) is 12.2 Å². The Morgan fingerprint density at radius 3 is 2.86 bits per heavy atom. The lowest BCUT2D eigenvalue weighted by atomic mass is 10.1. The highest BCUT2D eigenvalue weighted by Gasteiger charge is 2.10. The maximum Gasteiger partial charge on any atom is 0.221 e. The van der Waals surface area contributed by atoms with Gasteiger partial charge in [-0.05, 0) is 24.5 Å². The molecule has 0 spiro atoms. The minimum Gasteiger partial charge on any atom is -0.493 e. The molecule has 0 aliphatic rings. The van der Waals surface area contributed by atoms with E-state index in [4.69, 9.17) is 21.1 Å². The van der Waals surface area contributed by atoms with E-state index in [9.17, 15) is 4.79 Å². The number of para-hydroxylation sites is 1. The van der Waals surface area contributed by atoms with Crippen LogP contribution in [0.5, 0.6) is 11.5 Å². The van der Waals surface area contributed by atoms with Gasteiger partial charge in [-0.3, -0.25) is 4.79 Å². The number of ether oxygens (including phenoxy) is 2. The van der Waals surface area contributed by atoms with Gasteiger partial charge in [0.1, 0.15) is 0 Å². The van der Waals surface area contributed by atoms with E-state index in [-0.39, 0.29) is 5.91 Å². The summed E-state index contributed by atoms with van der Waals surface area (Å²) in [5.74, 6) is 1.83. The zero-order valence-corrected chi connectivity index (χ0v) is 13.5. The molecule has 1 amide bonds. The number of methoxy groups -OCH3 is 1. The van der Waals surface area contributed by atoms with Gasteiger partial charge in [0, 0.05) is 18.8 Å². The predicted octanol–water partition coefficient (Wildman–Crippen LogP) is 3.16. The lowest BCUT2D eigenvalue weighted by Crippen LogP contribution is -2.25. The van der Waals surface area contributed by atoms with E-state index in [1.165, 1.54) is 0 Å². The average Bonchev–Trinajstić information content (AvgIpc) is 2.48. The van der Waals surface area contributed by atoms with E-state index < -0.39 is 0 Å². The van der Waals surface area contributed by atoms with E-state index >= 15 is 0 Å². The van der Waals surface area contributed by atoms with E-state index in [1.54, 1.807) is 7.11 Å². The zero-order chi connectivity index (χ0) is 15.5. The molecule has 5 heteroatoms. The van der Waals surface area contributed by atoms with Crippen LogP contribution in [-0.2, 0) is 11.2 Å². The molecule has 1 aromatic carbocycles. The van der Waals surface area contributed by atoms with Crippen molar-refractivity contribution in [3.8, 4) is 11.5 Å². The quantitative estimate of drug-likeness (QED) is 0.533. The summed E-state index contributed by atoms with van der Waals surface area (Å²) in [6.07, 6.45) is 3.13. The van der Waals surface area contributed by atoms with Gasteiger partial charge in [-0.15, -0.1) is 11.6 Å². The molecule has 1 rings (SSSR count). The molecule has 1 N–H and O–H groups in total. The van der Waals surface area contributed by atoms with Crippen LogP contribution in [0.15, 0.2) is 18.2 Å². The number of rotatable bonds is 10. The molecule has 21 heavy (non-hydrogen) atoms. The highest BCUT2D eigenvalue weighted by atomic mass is 35.5. The number of alkyl halides is 1. The third-order valence-corrected chi connectivity index (χ3v) is 3.25. The van der Waals surface area contributed by atoms with Crippen LogP contribution in [0.4, 0.5) is 0 Å². The lowest BCUT2D eigenvalue weighted by molar-refractivity contribution is -0.120. The normalized spacial score (nSPS) is 10.2. The first-order valence-corrected chi connectivity index (χ1v) is 7.87. The first-order chi connectivity index (χ1) is 10.2. The van der Waals surface area contributed by atoms with Crippen molar-refractivity contribution in [3.05, 3.63) is 23.8 Å². The first kappa shape index (κ1) is 17.6. The van der Waals surface area contributed by atoms with Crippen molar-refractivity contribution >= 4 is 17.5 Å². The maximum absolute atomic E-state index is 11.4. The summed E-state index contributed by atoms with van der Waals surface area (Å²) in [5, 5.41) is 2.84. The van der Waals surface area contributed by atoms with Gasteiger partial charge in [-0.2, -0.15) is 0 Å². The van der Waals surface area contributed by atoms with Gasteiger partial charge in [0.2, 0.25) is 5.91 Å². The second-order valence-corrected chi connectivity index (χ2v) is 5.07. The number of hydrogen-bond donors (Lipinski definition) is 1. The Labute approximate surface area is 131 Å². The van der Waals surface area contributed by atoms with Gasteiger partial charge < -0.3 is 14.8 Å². The van der Waals surface area contributed by atoms with Crippen LogP contribution in [0.25, 0.3) is 0 Å². The van der Waals surface area contributed by atoms with Gasteiger partial charge in [0.15, 0.2) is 11.5 Å². The maximum atomic E-state index is 11.4. The molecule has 0 atom stereocenters. The highest BCUT2D eigenvalue weighted by Crippen LogP contribution is 2.31. The summed E-state index contributed by atoms with van der Waals surface area (Å²) in [6.45, 7) is 3.36. The standard InChI is InChI=1S/C16H24ClNO3/c1-3-4-12-21-16-13(6-5-7-14(16)20-2)9-11-18-15(19)8-10-17/h5-7H,3-4,8-12H2,1-2H3,(H,18,19). The summed E-state index contributed by atoms with van der Waals surface area (Å²) in [4.78, 5) is 11.4. The Morgan fingerprint density at radius 1 is 1.38 bits per heavy atom. The van der Waals surface area contributed by atoms with Gasteiger partial charge in [0.25, 0.3) is 0 Å². The summed E-state index contributed by atoms with van der Waals surface area (Å²) >= 11 is 5.53. The minimum atomic E-state index is -0.0265. The molecular formula is C16H24ClNO3. The molecule has 0 bridgehead atoms. The number of benzene rings is 1. The van der Waals surface area contributed by atoms with Gasteiger partial charge >= 0.3 is 0 Å². The third kappa shape index (κ3) is 6.25. The van der Waals surface area contributed by atoms with Gasteiger partial charge in [0.05, 0.1) is 13.7 Å². The van der Waals surface area contributed by atoms with Crippen molar-refractivity contribution in [2.24, 2.45) is 0 Å². The number of nitrogens with one attached hydrogen (secondary N) is 1. The molecule has 0 aliphatic carbocycles. The number of amides is 1. The van der Waals surface area contributed by atoms with Crippen LogP contribution in [0.1, 0.15) is 31.7 Å². The molecule has 0 saturated heterocycles. The fraction of sp³-hybridized carbons (Fsp3) is 0.562. The van der Waals surface area contributed by atoms with Crippen LogP contribution in [-0.4, -0.2) is 32.0 Å². The van der Waals surface area contributed by atoms with Crippen LogP contribution < -0.4 is 14.8 Å². The van der Waals surface area contributed by atoms with Crippen LogP contribution in [0, 0.1) is 0 Å². The zero-order valence-electron chi connectivity index (χ0n) is 12.8. The Morgan fingerprint density at radius 2 is 2.19 bits per heavy atom. The molecule has 0 unspecified atom stereocenters. The Hall–Kier alpha value is -1.42. The second-order valence-electron chi connectivity index (χ2n) is 4.69. The van der Waals surface area contributed by atoms with Gasteiger partial charge in [-0.1, -0.05) is 25.5 Å². The van der Waals surface area contributed by atoms with Crippen molar-refractivity contribution in [1.82, 2.24) is 5.32 Å². The summed E-state index contributed by atoms with van der Waals surface area (Å²) < 4.78 is 11.2. The molecule has 0 aromatic heterocycles. The highest BCUT2D eigenvalue weighted by molar-refractivity contribution is 6.18. The second kappa shape index (κ2) is 10.3. The lowest BCUT2D eigenvalue weighted by Gasteiger charge is -2.15. The Kier molecular flexibility index (Phi) is 8.67. The molecule has 0 saturated carbocycles. The summed E-state index contributed by atoms with van der Waals surface area (Å²) in [7, 11) is 1.63. The number of unbranched alkanes of at least 4 members (excludes halogenated alkanes) is 1. The van der Waals surface area contributed by atoms with Crippen molar-refractivity contribution in [2.75, 3.05) is 26.1 Å². The molecule has 0 aliphatic heterocycles. The molecular weight excluding hydrogens is 290 g/mol. The topological polar surface area (TPSA) is 47.6 Å². The van der Waals surface area contributed by atoms with Crippen LogP contribution in [0.3, 0.4) is 0 Å². The number of halogens is 1. The van der Waals surface area contributed by atoms with Crippen LogP contribution >= 0.6 is 11.6 Å². The number of hydrogen-bond acceptors (Lipinski definition) is 3. The molecule has 0 fully saturated rings. The van der Waals surface area contributed by atoms with Crippen molar-refractivity contribution in [1.29, 1.82) is 0 Å². The minimum absolute atomic E-state index is 0.0265. The number of carbonyl (C=O) groups is 1. The fourth-order valence-electron chi connectivity index (χ4n) is 1.91. The summed E-state index contributed by atoms with van der Waals surface area (Å²) in [5.41, 5.74) is 1.04. The van der Waals surface area contributed by atoms with E-state index in [0.29, 0.717) is 31.9 Å². The van der Waals surface area contributed by atoms with E-state index in [1.807, 2.05) is 18.2 Å². The Balaban J connectivity index is 2.64. The SMILES string of the molecule is CCCCOc1c(CCNC(=O)CCCl)cccc1OC. The largest absolute Gasteiger partial charge is 0.493 e. The van der Waals surface area contributed by atoms with Crippen molar-refractivity contribution < 1.29 is 14.3 Å². The first-order valence-electron chi connectivity index (χ1n) is 7.34. The van der Waals surface area contributed by atoms with Crippen molar-refractivity contribution in [3.63, 3.8) is 0 Å². The average molecular weight is 314 g/mol. The Bertz CT molecular complexity index is 438. The predicted molar refractivity (Wildman–Crippen MR) is 85.4 cm³/mol. The molecule has 118 valence electrons. The third-order valence-electron chi connectivity index (χ3n) is 3.06. The smallest absolute Gasteiger partial charge is 0.221 e. The summed E-state index contributed by atoms with van der Waals surface area (Å²) in [6, 6.07) is 5.82. The van der Waals surface area contributed by atoms with Crippen LogP contribution in [0.2, 0.25) is 0 Å².